The highest BCUT2D eigenvalue weighted by Gasteiger charge is 2.21. The fourth-order valence-corrected chi connectivity index (χ4v) is 4.51. The van der Waals surface area contributed by atoms with Crippen molar-refractivity contribution < 1.29 is 13.2 Å². The van der Waals surface area contributed by atoms with E-state index in [1.807, 2.05) is 32.9 Å². The van der Waals surface area contributed by atoms with Gasteiger partial charge in [-0.3, -0.25) is 9.10 Å². The molecule has 3 aromatic carbocycles. The number of rotatable bonds is 6. The molecular formula is C24H26N2O3S. The molecule has 0 unspecified atom stereocenters. The fourth-order valence-electron chi connectivity index (χ4n) is 3.30. The van der Waals surface area contributed by atoms with Gasteiger partial charge in [0, 0.05) is 12.6 Å². The Kier molecular flexibility index (Phi) is 6.27. The number of carbonyl (C=O) groups is 1. The number of anilines is 1. The maximum atomic E-state index is 12.8. The molecule has 1 amide bonds. The summed E-state index contributed by atoms with van der Waals surface area (Å²) < 4.78 is 26.7. The van der Waals surface area contributed by atoms with Gasteiger partial charge in [0.2, 0.25) is 0 Å². The Balaban J connectivity index is 1.75. The molecule has 30 heavy (non-hydrogen) atoms. The fraction of sp³-hybridized carbons (Fsp3) is 0.208. The Morgan fingerprint density at radius 1 is 0.933 bits per heavy atom. The minimum absolute atomic E-state index is 0.141. The number of hydrogen-bond donors (Lipinski definition) is 1. The monoisotopic (exact) mass is 422 g/mol. The predicted octanol–water partition coefficient (Wildman–Crippen LogP) is 4.62. The molecule has 0 fully saturated rings. The summed E-state index contributed by atoms with van der Waals surface area (Å²) in [6.07, 6.45) is 0. The predicted molar refractivity (Wildman–Crippen MR) is 120 cm³/mol. The van der Waals surface area contributed by atoms with Crippen LogP contribution in [-0.4, -0.2) is 21.4 Å². The van der Waals surface area contributed by atoms with Crippen LogP contribution in [0.5, 0.6) is 0 Å². The van der Waals surface area contributed by atoms with Crippen LogP contribution in [0.3, 0.4) is 0 Å². The molecule has 0 saturated carbocycles. The van der Waals surface area contributed by atoms with E-state index in [0.717, 1.165) is 16.7 Å². The first-order valence-corrected chi connectivity index (χ1v) is 11.2. The van der Waals surface area contributed by atoms with Crippen LogP contribution < -0.4 is 9.62 Å². The zero-order chi connectivity index (χ0) is 21.9. The van der Waals surface area contributed by atoms with Gasteiger partial charge in [0.15, 0.2) is 0 Å². The van der Waals surface area contributed by atoms with Gasteiger partial charge in [-0.15, -0.1) is 0 Å². The molecule has 3 aromatic rings. The zero-order valence-corrected chi connectivity index (χ0v) is 18.4. The summed E-state index contributed by atoms with van der Waals surface area (Å²) in [5.41, 5.74) is 4.30. The normalized spacial score (nSPS) is 12.3. The number of carbonyl (C=O) groups excluding carboxylic acids is 1. The topological polar surface area (TPSA) is 66.5 Å². The maximum Gasteiger partial charge on any atom is 0.264 e. The highest BCUT2D eigenvalue weighted by Crippen LogP contribution is 2.23. The number of hydrogen-bond acceptors (Lipinski definition) is 3. The molecule has 0 spiro atoms. The van der Waals surface area contributed by atoms with Crippen LogP contribution in [0.2, 0.25) is 0 Å². The van der Waals surface area contributed by atoms with E-state index in [4.69, 9.17) is 0 Å². The molecule has 5 nitrogen and oxygen atoms in total. The van der Waals surface area contributed by atoms with Crippen LogP contribution in [0.15, 0.2) is 77.7 Å². The summed E-state index contributed by atoms with van der Waals surface area (Å²) >= 11 is 0. The molecule has 0 aliphatic rings. The molecule has 156 valence electrons. The smallest absolute Gasteiger partial charge is 0.264 e. The van der Waals surface area contributed by atoms with Crippen molar-refractivity contribution in [2.75, 3.05) is 11.4 Å². The van der Waals surface area contributed by atoms with Gasteiger partial charge in [-0.1, -0.05) is 42.0 Å². The lowest BCUT2D eigenvalue weighted by Gasteiger charge is -2.20. The van der Waals surface area contributed by atoms with Crippen LogP contribution in [0.4, 0.5) is 5.69 Å². The summed E-state index contributed by atoms with van der Waals surface area (Å²) in [4.78, 5) is 12.9. The molecule has 0 aliphatic carbocycles. The standard InChI is InChI=1S/C24H26N2O3S/c1-17-10-11-18(2)23(16-17)19(3)25-24(27)20-12-14-21(15-13-20)26(4)30(28,29)22-8-6-5-7-9-22/h5-16,19H,1-4H3,(H,25,27)/t19-/m0/s1. The molecule has 1 N–H and O–H groups in total. The molecule has 0 radical (unpaired) electrons. The molecule has 0 saturated heterocycles. The van der Waals surface area contributed by atoms with Crippen LogP contribution in [-0.2, 0) is 10.0 Å². The maximum absolute atomic E-state index is 12.8. The van der Waals surface area contributed by atoms with Gasteiger partial charge in [0.1, 0.15) is 0 Å². The quantitative estimate of drug-likeness (QED) is 0.630. The van der Waals surface area contributed by atoms with Crippen LogP contribution in [0.25, 0.3) is 0 Å². The van der Waals surface area contributed by atoms with Crippen molar-refractivity contribution in [2.45, 2.75) is 31.7 Å². The van der Waals surface area contributed by atoms with Gasteiger partial charge in [-0.2, -0.15) is 0 Å². The van der Waals surface area contributed by atoms with Gasteiger partial charge in [0.25, 0.3) is 15.9 Å². The van der Waals surface area contributed by atoms with E-state index >= 15 is 0 Å². The average molecular weight is 423 g/mol. The van der Waals surface area contributed by atoms with E-state index in [-0.39, 0.29) is 16.8 Å². The van der Waals surface area contributed by atoms with Crippen LogP contribution in [0, 0.1) is 13.8 Å². The highest BCUT2D eigenvalue weighted by molar-refractivity contribution is 7.92. The van der Waals surface area contributed by atoms with Gasteiger partial charge in [-0.25, -0.2) is 8.42 Å². The summed E-state index contributed by atoms with van der Waals surface area (Å²) in [5.74, 6) is -0.205. The molecule has 0 aliphatic heterocycles. The van der Waals surface area contributed by atoms with E-state index in [1.54, 1.807) is 54.6 Å². The number of aryl methyl sites for hydroxylation is 2. The lowest BCUT2D eigenvalue weighted by atomic mass is 9.99. The third-order valence-corrected chi connectivity index (χ3v) is 6.94. The highest BCUT2D eigenvalue weighted by atomic mass is 32.2. The molecular weight excluding hydrogens is 396 g/mol. The average Bonchev–Trinajstić information content (AvgIpc) is 2.75. The lowest BCUT2D eigenvalue weighted by Crippen LogP contribution is -2.28. The van der Waals surface area contributed by atoms with Gasteiger partial charge in [-0.05, 0) is 68.3 Å². The Morgan fingerprint density at radius 2 is 1.57 bits per heavy atom. The van der Waals surface area contributed by atoms with Crippen molar-refractivity contribution in [1.29, 1.82) is 0 Å². The molecule has 0 heterocycles. The molecule has 0 aromatic heterocycles. The van der Waals surface area contributed by atoms with Crippen molar-refractivity contribution in [1.82, 2.24) is 5.32 Å². The lowest BCUT2D eigenvalue weighted by molar-refractivity contribution is 0.0940. The molecule has 1 atom stereocenters. The second-order valence-electron chi connectivity index (χ2n) is 7.39. The second kappa shape index (κ2) is 8.71. The number of nitrogens with one attached hydrogen (secondary N) is 1. The first-order valence-electron chi connectivity index (χ1n) is 9.72. The number of amides is 1. The van der Waals surface area contributed by atoms with Crippen molar-refractivity contribution in [3.8, 4) is 0 Å². The van der Waals surface area contributed by atoms with Gasteiger partial charge >= 0.3 is 0 Å². The van der Waals surface area contributed by atoms with E-state index in [2.05, 4.69) is 11.4 Å². The Labute approximate surface area is 178 Å². The summed E-state index contributed by atoms with van der Waals surface area (Å²) in [7, 11) is -2.16. The SMILES string of the molecule is Cc1ccc(C)c([C@H](C)NC(=O)c2ccc(N(C)S(=O)(=O)c3ccccc3)cc2)c1. The minimum atomic E-state index is -3.66. The summed E-state index contributed by atoms with van der Waals surface area (Å²) in [6, 6.07) is 20.8. The van der Waals surface area contributed by atoms with Crippen molar-refractivity contribution in [3.05, 3.63) is 95.1 Å². The Bertz CT molecular complexity index is 1140. The third-order valence-electron chi connectivity index (χ3n) is 5.14. The summed E-state index contributed by atoms with van der Waals surface area (Å²) in [6.45, 7) is 6.00. The van der Waals surface area contributed by atoms with Gasteiger partial charge < -0.3 is 5.32 Å². The van der Waals surface area contributed by atoms with E-state index < -0.39 is 10.0 Å². The van der Waals surface area contributed by atoms with Crippen LogP contribution in [0.1, 0.15) is 40.0 Å². The minimum Gasteiger partial charge on any atom is -0.346 e. The first-order chi connectivity index (χ1) is 14.2. The van der Waals surface area contributed by atoms with E-state index in [1.165, 1.54) is 11.4 Å². The van der Waals surface area contributed by atoms with E-state index in [9.17, 15) is 13.2 Å². The number of benzene rings is 3. The van der Waals surface area contributed by atoms with Crippen molar-refractivity contribution in [2.24, 2.45) is 0 Å². The van der Waals surface area contributed by atoms with E-state index in [0.29, 0.717) is 11.3 Å². The number of nitrogens with zero attached hydrogens (tertiary/aromatic N) is 1. The van der Waals surface area contributed by atoms with Crippen molar-refractivity contribution >= 4 is 21.6 Å². The zero-order valence-electron chi connectivity index (χ0n) is 17.6. The number of sulfonamides is 1. The van der Waals surface area contributed by atoms with Crippen LogP contribution >= 0.6 is 0 Å². The largest absolute Gasteiger partial charge is 0.346 e. The Hall–Kier alpha value is -3.12. The van der Waals surface area contributed by atoms with Gasteiger partial charge in [0.05, 0.1) is 16.6 Å². The Morgan fingerprint density at radius 3 is 2.20 bits per heavy atom. The van der Waals surface area contributed by atoms with Crippen molar-refractivity contribution in [3.63, 3.8) is 0 Å². The molecule has 3 rings (SSSR count). The second-order valence-corrected chi connectivity index (χ2v) is 9.36. The summed E-state index contributed by atoms with van der Waals surface area (Å²) in [5, 5.41) is 3.01. The molecule has 6 heteroatoms. The first kappa shape index (κ1) is 21.6. The molecule has 0 bridgehead atoms. The third kappa shape index (κ3) is 4.54.